The summed E-state index contributed by atoms with van der Waals surface area (Å²) in [5, 5.41) is 7.03. The molecule has 54 heavy (non-hydrogen) atoms. The summed E-state index contributed by atoms with van der Waals surface area (Å²) >= 11 is 0. The second-order valence-electron chi connectivity index (χ2n) is 15.7. The number of aromatic amines is 1. The van der Waals surface area contributed by atoms with Crippen molar-refractivity contribution in [2.24, 2.45) is 10.9 Å². The molecule has 0 unspecified atom stereocenters. The Kier molecular flexibility index (Phi) is 10.3. The van der Waals surface area contributed by atoms with Gasteiger partial charge >= 0.3 is 12.2 Å². The van der Waals surface area contributed by atoms with Crippen LogP contribution in [0.2, 0.25) is 0 Å². The van der Waals surface area contributed by atoms with Gasteiger partial charge in [-0.25, -0.2) is 19.6 Å². The third-order valence-electron chi connectivity index (χ3n) is 10.4. The predicted octanol–water partition coefficient (Wildman–Crippen LogP) is 6.61. The number of methoxy groups -OCH3 is 1. The maximum atomic E-state index is 13.6. The zero-order valence-corrected chi connectivity index (χ0v) is 31.9. The summed E-state index contributed by atoms with van der Waals surface area (Å²) in [6.45, 7) is 10.8. The van der Waals surface area contributed by atoms with Crippen molar-refractivity contribution in [2.45, 2.75) is 84.0 Å². The third-order valence-corrected chi connectivity index (χ3v) is 10.4. The van der Waals surface area contributed by atoms with Gasteiger partial charge in [0, 0.05) is 24.2 Å². The lowest BCUT2D eigenvalue weighted by atomic mass is 9.98. The van der Waals surface area contributed by atoms with Crippen molar-refractivity contribution < 1.29 is 29.2 Å². The first-order valence-corrected chi connectivity index (χ1v) is 18.9. The number of nitrogens with two attached hydrogens (primary N) is 1. The standard InChI is InChI=1S/C42H49N7O5/c1-25(2)36(47-40(51)53-6)39(50)48-19-7-9-34(48)37-44-24-33(46-37)31-18-17-29-21-28(15-16-30(29)22-31)26-11-13-27(14-12-26)32-23-43-38(45-32)35-10-8-20-49(35)41(52)54-42(3,4)5/h11-18,21-25,34-36H,7-10,19-20H2,1-6H3,(H,43,45)(H,44,46)(H,47,51)/p+1/t34-,35-,36-/m0/s1. The predicted molar refractivity (Wildman–Crippen MR) is 208 cm³/mol. The Bertz CT molecular complexity index is 2110. The second-order valence-corrected chi connectivity index (χ2v) is 15.7. The first-order chi connectivity index (χ1) is 25.9. The quantitative estimate of drug-likeness (QED) is 0.186. The molecule has 3 atom stereocenters. The zero-order chi connectivity index (χ0) is 38.1. The number of likely N-dealkylation sites (tertiary alicyclic amines) is 2. The molecule has 12 heteroatoms. The van der Waals surface area contributed by atoms with E-state index in [4.69, 9.17) is 19.5 Å². The van der Waals surface area contributed by atoms with Crippen LogP contribution < -0.4 is 10.6 Å². The van der Waals surface area contributed by atoms with Crippen LogP contribution in [0.3, 0.4) is 0 Å². The molecule has 0 saturated carbocycles. The smallest absolute Gasteiger partial charge is 0.411 e. The van der Waals surface area contributed by atoms with Crippen molar-refractivity contribution >= 4 is 40.4 Å². The molecule has 7 rings (SSSR count). The molecular formula is C42H50N7O5+. The SMILES string of the molecule is COC(=O)N[C@H](C(=O)N1CCC[C@H]1c1ncc(-c2ccc3cc(-c4ccc(C5=CN=C([C@@H]6CCCN6C(=O)OC(C)(C)C)[NH2+]5)cc4)ccc3c2)[nH]1)C(C)C. The number of hydrogen-bond acceptors (Lipinski definition) is 7. The lowest BCUT2D eigenvalue weighted by Gasteiger charge is -2.30. The number of ether oxygens (including phenoxy) is 2. The number of nitrogens with one attached hydrogen (secondary N) is 2. The van der Waals surface area contributed by atoms with Crippen molar-refractivity contribution in [1.82, 2.24) is 25.1 Å². The van der Waals surface area contributed by atoms with E-state index in [1.165, 1.54) is 7.11 Å². The highest BCUT2D eigenvalue weighted by Crippen LogP contribution is 2.34. The molecular weight excluding hydrogens is 683 g/mol. The van der Waals surface area contributed by atoms with Crippen LogP contribution in [-0.2, 0) is 14.3 Å². The van der Waals surface area contributed by atoms with Crippen molar-refractivity contribution in [1.29, 1.82) is 0 Å². The van der Waals surface area contributed by atoms with Crippen molar-refractivity contribution in [3.63, 3.8) is 0 Å². The van der Waals surface area contributed by atoms with Gasteiger partial charge in [0.05, 0.1) is 31.2 Å². The minimum absolute atomic E-state index is 0.0736. The van der Waals surface area contributed by atoms with E-state index >= 15 is 0 Å². The number of amidine groups is 1. The number of aromatic nitrogens is 2. The van der Waals surface area contributed by atoms with E-state index in [0.29, 0.717) is 13.1 Å². The monoisotopic (exact) mass is 732 g/mol. The van der Waals surface area contributed by atoms with Gasteiger partial charge in [0.1, 0.15) is 23.5 Å². The molecule has 0 spiro atoms. The number of hydrogen-bond donors (Lipinski definition) is 3. The highest BCUT2D eigenvalue weighted by Gasteiger charge is 2.40. The summed E-state index contributed by atoms with van der Waals surface area (Å²) in [5.74, 6) is 1.42. The van der Waals surface area contributed by atoms with Gasteiger partial charge < -0.3 is 24.7 Å². The molecule has 282 valence electrons. The lowest BCUT2D eigenvalue weighted by Crippen LogP contribution is -2.86. The van der Waals surface area contributed by atoms with Gasteiger partial charge in [0.15, 0.2) is 5.70 Å². The maximum absolute atomic E-state index is 13.6. The summed E-state index contributed by atoms with van der Waals surface area (Å²) < 4.78 is 10.4. The largest absolute Gasteiger partial charge is 0.453 e. The van der Waals surface area contributed by atoms with Gasteiger partial charge in [0.25, 0.3) is 0 Å². The fourth-order valence-corrected chi connectivity index (χ4v) is 7.62. The Labute approximate surface area is 316 Å². The van der Waals surface area contributed by atoms with E-state index in [1.807, 2.05) is 51.9 Å². The van der Waals surface area contributed by atoms with Crippen LogP contribution in [0, 0.1) is 5.92 Å². The number of carbonyl (C=O) groups is 3. The number of fused-ring (bicyclic) bond motifs is 1. The van der Waals surface area contributed by atoms with Crippen LogP contribution in [0.4, 0.5) is 9.59 Å². The Morgan fingerprint density at radius 1 is 0.870 bits per heavy atom. The molecule has 3 amide bonds. The topological polar surface area (TPSA) is 146 Å². The molecule has 4 heterocycles. The number of nitrogens with zero attached hydrogens (tertiary/aromatic N) is 4. The molecule has 2 saturated heterocycles. The van der Waals surface area contributed by atoms with Crippen molar-refractivity contribution in [3.8, 4) is 22.4 Å². The molecule has 12 nitrogen and oxygen atoms in total. The van der Waals surface area contributed by atoms with E-state index in [0.717, 1.165) is 81.8 Å². The summed E-state index contributed by atoms with van der Waals surface area (Å²) in [6, 6.07) is 20.4. The minimum atomic E-state index is -0.677. The Balaban J connectivity index is 1.00. The molecule has 4 N–H and O–H groups in total. The second kappa shape index (κ2) is 15.1. The van der Waals surface area contributed by atoms with Crippen LogP contribution in [0.15, 0.2) is 78.1 Å². The average Bonchev–Trinajstić information content (AvgIpc) is 3.98. The van der Waals surface area contributed by atoms with E-state index in [2.05, 4.69) is 76.3 Å². The fraction of sp³-hybridized carbons (Fsp3) is 0.405. The van der Waals surface area contributed by atoms with Gasteiger partial charge in [-0.2, -0.15) is 0 Å². The molecule has 3 aliphatic heterocycles. The number of imidazole rings is 1. The molecule has 3 aliphatic rings. The number of carbonyl (C=O) groups excluding carboxylic acids is 3. The number of aliphatic imine (C=N–C) groups is 1. The third kappa shape index (κ3) is 7.75. The molecule has 1 aromatic heterocycles. The lowest BCUT2D eigenvalue weighted by molar-refractivity contribution is -0.435. The molecule has 0 aliphatic carbocycles. The highest BCUT2D eigenvalue weighted by atomic mass is 16.6. The molecule has 2 fully saturated rings. The summed E-state index contributed by atoms with van der Waals surface area (Å²) in [6.07, 6.45) is 6.28. The van der Waals surface area contributed by atoms with Crippen LogP contribution in [-0.4, -0.2) is 81.6 Å². The number of amides is 3. The number of rotatable bonds is 8. The normalized spacial score (nSPS) is 19.2. The summed E-state index contributed by atoms with van der Waals surface area (Å²) in [5.41, 5.74) is 5.70. The first-order valence-electron chi connectivity index (χ1n) is 18.9. The van der Waals surface area contributed by atoms with Crippen LogP contribution in [0.1, 0.15) is 77.7 Å². The number of benzene rings is 3. The van der Waals surface area contributed by atoms with Crippen LogP contribution in [0.25, 0.3) is 38.9 Å². The molecule has 4 aromatic rings. The molecule has 3 aromatic carbocycles. The summed E-state index contributed by atoms with van der Waals surface area (Å²) in [4.78, 5) is 54.9. The van der Waals surface area contributed by atoms with Crippen molar-refractivity contribution in [3.05, 3.63) is 84.4 Å². The van der Waals surface area contributed by atoms with Crippen LogP contribution >= 0.6 is 0 Å². The molecule has 0 radical (unpaired) electrons. The van der Waals surface area contributed by atoms with E-state index in [9.17, 15) is 14.4 Å². The highest BCUT2D eigenvalue weighted by molar-refractivity contribution is 5.92. The van der Waals surface area contributed by atoms with Gasteiger partial charge in [0.2, 0.25) is 11.7 Å². The number of H-pyrrole nitrogens is 1. The Morgan fingerprint density at radius 3 is 2.19 bits per heavy atom. The van der Waals surface area contributed by atoms with E-state index < -0.39 is 17.7 Å². The maximum Gasteiger partial charge on any atom is 0.411 e. The minimum Gasteiger partial charge on any atom is -0.453 e. The first kappa shape index (κ1) is 36.9. The fourth-order valence-electron chi connectivity index (χ4n) is 7.62. The molecule has 0 bridgehead atoms. The Morgan fingerprint density at radius 2 is 1.50 bits per heavy atom. The van der Waals surface area contributed by atoms with Gasteiger partial charge in [-0.1, -0.05) is 50.2 Å². The zero-order valence-electron chi connectivity index (χ0n) is 31.9. The summed E-state index contributed by atoms with van der Waals surface area (Å²) in [7, 11) is 1.30. The van der Waals surface area contributed by atoms with Crippen LogP contribution in [0.5, 0.6) is 0 Å². The van der Waals surface area contributed by atoms with Gasteiger partial charge in [-0.3, -0.25) is 15.0 Å². The van der Waals surface area contributed by atoms with Crippen molar-refractivity contribution in [2.75, 3.05) is 20.2 Å². The van der Waals surface area contributed by atoms with E-state index in [1.54, 1.807) is 4.90 Å². The number of alkyl carbamates (subject to hydrolysis) is 1. The average molecular weight is 733 g/mol. The Hall–Kier alpha value is -5.49. The number of quaternary nitrogens is 1. The van der Waals surface area contributed by atoms with E-state index in [-0.39, 0.29) is 30.0 Å². The van der Waals surface area contributed by atoms with Gasteiger partial charge in [-0.15, -0.1) is 0 Å². The van der Waals surface area contributed by atoms with Gasteiger partial charge in [-0.05, 0) is 98.5 Å².